The number of hydrogen-bond donors (Lipinski definition) is 1. The fourth-order valence-electron chi connectivity index (χ4n) is 2.97. The number of benzene rings is 1. The molecule has 1 aromatic carbocycles. The van der Waals surface area contributed by atoms with E-state index in [0.29, 0.717) is 11.2 Å². The molecule has 0 fully saturated rings. The lowest BCUT2D eigenvalue weighted by Crippen LogP contribution is -2.11. The van der Waals surface area contributed by atoms with Crippen LogP contribution in [0.4, 0.5) is 24.7 Å². The van der Waals surface area contributed by atoms with Crippen molar-refractivity contribution in [2.24, 2.45) is 0 Å². The van der Waals surface area contributed by atoms with Gasteiger partial charge < -0.3 is 10.1 Å². The maximum Gasteiger partial charge on any atom is 0.433 e. The Balaban J connectivity index is 1.88. The summed E-state index contributed by atoms with van der Waals surface area (Å²) < 4.78 is 45.7. The van der Waals surface area contributed by atoms with Gasteiger partial charge in [0.15, 0.2) is 5.82 Å². The Morgan fingerprint density at radius 3 is 2.55 bits per heavy atom. The molecule has 0 bridgehead atoms. The second kappa shape index (κ2) is 8.05. The minimum absolute atomic E-state index is 0.0389. The predicted octanol–water partition coefficient (Wildman–Crippen LogP) is 4.73. The van der Waals surface area contributed by atoms with Crippen LogP contribution in [-0.2, 0) is 10.9 Å². The molecule has 3 aromatic heterocycles. The van der Waals surface area contributed by atoms with Crippen LogP contribution in [0.3, 0.4) is 0 Å². The summed E-state index contributed by atoms with van der Waals surface area (Å²) in [6, 6.07) is 14.0. The summed E-state index contributed by atoms with van der Waals surface area (Å²) in [7, 11) is 0. The smallest absolute Gasteiger partial charge is 0.433 e. The van der Waals surface area contributed by atoms with Gasteiger partial charge in [-0.3, -0.25) is 0 Å². The zero-order chi connectivity index (χ0) is 22.0. The molecule has 0 atom stereocenters. The summed E-state index contributed by atoms with van der Waals surface area (Å²) in [5.41, 5.74) is 0.120. The maximum absolute atomic E-state index is 13.1. The Labute approximate surface area is 174 Å². The number of hydrogen-bond acceptors (Lipinski definition) is 6. The quantitative estimate of drug-likeness (QED) is 0.464. The Hall–Kier alpha value is -3.95. The van der Waals surface area contributed by atoms with Crippen molar-refractivity contribution >= 4 is 23.0 Å². The van der Waals surface area contributed by atoms with E-state index < -0.39 is 17.8 Å². The summed E-state index contributed by atoms with van der Waals surface area (Å²) >= 11 is 0. The zero-order valence-corrected chi connectivity index (χ0v) is 16.2. The van der Waals surface area contributed by atoms with Crippen molar-refractivity contribution in [3.8, 4) is 11.5 Å². The third kappa shape index (κ3) is 4.18. The van der Waals surface area contributed by atoms with Crippen LogP contribution in [0.2, 0.25) is 0 Å². The minimum atomic E-state index is -4.60. The van der Waals surface area contributed by atoms with E-state index >= 15 is 0 Å². The van der Waals surface area contributed by atoms with Crippen molar-refractivity contribution in [3.63, 3.8) is 0 Å². The molecule has 4 rings (SSSR count). The number of anilines is 2. The Morgan fingerprint density at radius 1 is 1.06 bits per heavy atom. The monoisotopic (exact) mass is 427 g/mol. The van der Waals surface area contributed by atoms with Gasteiger partial charge >= 0.3 is 12.1 Å². The van der Waals surface area contributed by atoms with Crippen LogP contribution in [-0.4, -0.2) is 32.2 Å². The van der Waals surface area contributed by atoms with Crippen molar-refractivity contribution in [1.82, 2.24) is 19.6 Å². The number of nitrogens with zero attached hydrogens (tertiary/aromatic N) is 4. The molecule has 0 aliphatic heterocycles. The number of pyridine rings is 1. The molecule has 0 aliphatic carbocycles. The fraction of sp³-hybridized carbons (Fsp3) is 0.143. The van der Waals surface area contributed by atoms with E-state index in [2.05, 4.69) is 20.4 Å². The van der Waals surface area contributed by atoms with E-state index in [-0.39, 0.29) is 29.5 Å². The van der Waals surface area contributed by atoms with Crippen LogP contribution in [0.5, 0.6) is 0 Å². The van der Waals surface area contributed by atoms with Gasteiger partial charge in [-0.15, -0.1) is 5.10 Å². The molecular weight excluding hydrogens is 411 g/mol. The van der Waals surface area contributed by atoms with E-state index in [9.17, 15) is 18.0 Å². The topological polar surface area (TPSA) is 81.4 Å². The highest BCUT2D eigenvalue weighted by Gasteiger charge is 2.33. The number of fused-ring (bicyclic) bond motifs is 1. The van der Waals surface area contributed by atoms with E-state index in [1.165, 1.54) is 28.9 Å². The van der Waals surface area contributed by atoms with E-state index in [1.54, 1.807) is 31.2 Å². The second-order valence-electron chi connectivity index (χ2n) is 6.42. The lowest BCUT2D eigenvalue weighted by molar-refractivity contribution is -0.141. The number of aromatic nitrogens is 4. The van der Waals surface area contributed by atoms with Crippen LogP contribution in [0.15, 0.2) is 60.8 Å². The van der Waals surface area contributed by atoms with Crippen LogP contribution in [0, 0.1) is 0 Å². The zero-order valence-electron chi connectivity index (χ0n) is 16.2. The molecular formula is C21H16F3N5O2. The summed E-state index contributed by atoms with van der Waals surface area (Å²) in [6.45, 7) is 1.87. The summed E-state index contributed by atoms with van der Waals surface area (Å²) in [5, 5.41) is 7.36. The molecule has 0 amide bonds. The van der Waals surface area contributed by atoms with Crippen molar-refractivity contribution in [2.45, 2.75) is 13.1 Å². The van der Waals surface area contributed by atoms with Crippen molar-refractivity contribution < 1.29 is 22.7 Å². The number of nitrogens with one attached hydrogen (secondary N) is 1. The van der Waals surface area contributed by atoms with Gasteiger partial charge in [-0.05, 0) is 37.3 Å². The van der Waals surface area contributed by atoms with Crippen LogP contribution >= 0.6 is 0 Å². The first-order valence-electron chi connectivity index (χ1n) is 9.30. The van der Waals surface area contributed by atoms with E-state index in [4.69, 9.17) is 4.74 Å². The first kappa shape index (κ1) is 20.3. The Kier molecular flexibility index (Phi) is 5.28. The number of carbonyl (C=O) groups is 1. The molecule has 0 saturated heterocycles. The first-order chi connectivity index (χ1) is 14.9. The average Bonchev–Trinajstić information content (AvgIpc) is 3.19. The Bertz CT molecular complexity index is 1240. The van der Waals surface area contributed by atoms with Gasteiger partial charge in [0, 0.05) is 11.9 Å². The molecule has 0 radical (unpaired) electrons. The molecule has 0 spiro atoms. The molecule has 7 nitrogen and oxygen atoms in total. The van der Waals surface area contributed by atoms with Gasteiger partial charge in [0.2, 0.25) is 5.82 Å². The van der Waals surface area contributed by atoms with Crippen molar-refractivity contribution in [3.05, 3.63) is 72.1 Å². The number of halogens is 3. The predicted molar refractivity (Wildman–Crippen MR) is 107 cm³/mol. The number of esters is 1. The van der Waals surface area contributed by atoms with Gasteiger partial charge in [-0.2, -0.15) is 13.2 Å². The molecule has 1 N–H and O–H groups in total. The highest BCUT2D eigenvalue weighted by molar-refractivity contribution is 6.01. The van der Waals surface area contributed by atoms with Gasteiger partial charge in [-0.25, -0.2) is 19.3 Å². The maximum atomic E-state index is 13.1. The van der Waals surface area contributed by atoms with Crippen LogP contribution in [0.1, 0.15) is 23.0 Å². The first-order valence-corrected chi connectivity index (χ1v) is 9.30. The van der Waals surface area contributed by atoms with Crippen LogP contribution < -0.4 is 5.32 Å². The molecule has 3 heterocycles. The molecule has 0 saturated carbocycles. The highest BCUT2D eigenvalue weighted by Crippen LogP contribution is 2.30. The largest absolute Gasteiger partial charge is 0.462 e. The average molecular weight is 427 g/mol. The molecule has 0 unspecified atom stereocenters. The van der Waals surface area contributed by atoms with Crippen molar-refractivity contribution in [2.75, 3.05) is 11.9 Å². The van der Waals surface area contributed by atoms with Crippen LogP contribution in [0.25, 0.3) is 17.0 Å². The molecule has 4 aromatic rings. The van der Waals surface area contributed by atoms with Gasteiger partial charge in [-0.1, -0.05) is 24.3 Å². The van der Waals surface area contributed by atoms with Gasteiger partial charge in [0.25, 0.3) is 0 Å². The summed E-state index contributed by atoms with van der Waals surface area (Å²) in [5.74, 6) is -0.374. The number of carbonyl (C=O) groups excluding carboxylic acids is 1. The standard InChI is InChI=1S/C21H16F3N5O2/c1-2-31-20(30)14-11-12-29-17(14)19(25-13-7-4-3-5-8-13)27-18(28-29)15-9-6-10-16(26-15)21(22,23)24/h3-12H,2H2,1H3,(H,25,27,28). The molecule has 31 heavy (non-hydrogen) atoms. The Morgan fingerprint density at radius 2 is 1.84 bits per heavy atom. The third-order valence-corrected chi connectivity index (χ3v) is 4.31. The summed E-state index contributed by atoms with van der Waals surface area (Å²) in [4.78, 5) is 20.4. The minimum Gasteiger partial charge on any atom is -0.462 e. The van der Waals surface area contributed by atoms with Gasteiger partial charge in [0.05, 0.1) is 12.2 Å². The number of para-hydroxylation sites is 1. The lowest BCUT2D eigenvalue weighted by atomic mass is 10.2. The highest BCUT2D eigenvalue weighted by atomic mass is 19.4. The van der Waals surface area contributed by atoms with Gasteiger partial charge in [0.1, 0.15) is 16.9 Å². The number of ether oxygens (including phenoxy) is 1. The normalized spacial score (nSPS) is 11.5. The third-order valence-electron chi connectivity index (χ3n) is 4.31. The molecule has 10 heteroatoms. The van der Waals surface area contributed by atoms with Crippen molar-refractivity contribution in [1.29, 1.82) is 0 Å². The number of rotatable bonds is 5. The SMILES string of the molecule is CCOC(=O)c1ccn2nc(-c3cccc(C(F)(F)F)n3)nc(Nc3ccccc3)c12. The second-order valence-corrected chi connectivity index (χ2v) is 6.42. The number of alkyl halides is 3. The lowest BCUT2D eigenvalue weighted by Gasteiger charge is -2.12. The molecule has 158 valence electrons. The van der Waals surface area contributed by atoms with E-state index in [1.807, 2.05) is 6.07 Å². The molecule has 0 aliphatic rings. The summed E-state index contributed by atoms with van der Waals surface area (Å²) in [6.07, 6.45) is -3.09. The fourth-order valence-corrected chi connectivity index (χ4v) is 2.97. The van der Waals surface area contributed by atoms with E-state index in [0.717, 1.165) is 6.07 Å².